The van der Waals surface area contributed by atoms with E-state index >= 15 is 0 Å². The minimum absolute atomic E-state index is 0.296. The first-order chi connectivity index (χ1) is 11.2. The van der Waals surface area contributed by atoms with Gasteiger partial charge in [0, 0.05) is 5.38 Å². The van der Waals surface area contributed by atoms with Crippen LogP contribution in [0, 0.1) is 11.3 Å². The van der Waals surface area contributed by atoms with E-state index in [0.717, 1.165) is 0 Å². The van der Waals surface area contributed by atoms with Crippen LogP contribution in [0.2, 0.25) is 0 Å². The molecule has 0 aliphatic carbocycles. The zero-order valence-corrected chi connectivity index (χ0v) is 13.1. The smallest absolute Gasteiger partial charge is 0.339 e. The number of para-hydroxylation sites is 1. The molecule has 2 aromatic heterocycles. The Labute approximate surface area is 136 Å². The van der Waals surface area contributed by atoms with Crippen molar-refractivity contribution in [1.82, 2.24) is 9.97 Å². The summed E-state index contributed by atoms with van der Waals surface area (Å²) in [4.78, 5) is 21.2. The molecule has 23 heavy (non-hydrogen) atoms. The average Bonchev–Trinajstić information content (AvgIpc) is 3.01. The minimum Gasteiger partial charge on any atom is -0.462 e. The summed E-state index contributed by atoms with van der Waals surface area (Å²) < 4.78 is 5.08. The van der Waals surface area contributed by atoms with Gasteiger partial charge in [0.05, 0.1) is 28.8 Å². The highest BCUT2D eigenvalue weighted by Crippen LogP contribution is 2.32. The van der Waals surface area contributed by atoms with E-state index in [0.29, 0.717) is 39.5 Å². The molecule has 0 aliphatic rings. The van der Waals surface area contributed by atoms with Crippen LogP contribution in [0.15, 0.2) is 36.0 Å². The first kappa shape index (κ1) is 14.9. The number of nitriles is 1. The molecule has 1 N–H and O–H groups in total. The molecule has 0 fully saturated rings. The van der Waals surface area contributed by atoms with Gasteiger partial charge < -0.3 is 10.1 Å². The molecule has 0 bridgehead atoms. The van der Waals surface area contributed by atoms with E-state index in [1.165, 1.54) is 17.7 Å². The van der Waals surface area contributed by atoms with Crippen LogP contribution in [-0.2, 0) is 4.74 Å². The summed E-state index contributed by atoms with van der Waals surface area (Å²) in [5, 5.41) is 14.6. The van der Waals surface area contributed by atoms with Gasteiger partial charge in [-0.3, -0.25) is 0 Å². The standard InChI is InChI=1S/C16H12N4O2S/c1-2-22-16(21)11-8-23-15-13(11)14(18-9-19-15)20-12-6-4-3-5-10(12)7-17/h3-6,8-9H,2H2,1H3,(H,18,19,20). The topological polar surface area (TPSA) is 87.9 Å². The Bertz CT molecular complexity index is 914. The van der Waals surface area contributed by atoms with Crippen molar-refractivity contribution in [3.05, 3.63) is 47.1 Å². The molecule has 0 saturated heterocycles. The van der Waals surface area contributed by atoms with E-state index in [9.17, 15) is 10.1 Å². The maximum atomic E-state index is 12.1. The fourth-order valence-corrected chi connectivity index (χ4v) is 3.02. The highest BCUT2D eigenvalue weighted by Gasteiger charge is 2.18. The Balaban J connectivity index is 2.09. The van der Waals surface area contributed by atoms with Crippen LogP contribution in [-0.4, -0.2) is 22.5 Å². The SMILES string of the molecule is CCOC(=O)c1csc2ncnc(Nc3ccccc3C#N)c12. The number of nitrogens with one attached hydrogen (secondary N) is 1. The summed E-state index contributed by atoms with van der Waals surface area (Å²) in [5.74, 6) is 0.0622. The van der Waals surface area contributed by atoms with E-state index < -0.39 is 5.97 Å². The summed E-state index contributed by atoms with van der Waals surface area (Å²) in [6, 6.07) is 9.22. The third kappa shape index (κ3) is 2.84. The number of esters is 1. The zero-order chi connectivity index (χ0) is 16.2. The van der Waals surface area contributed by atoms with Gasteiger partial charge in [0.1, 0.15) is 23.0 Å². The Morgan fingerprint density at radius 3 is 3.00 bits per heavy atom. The number of rotatable bonds is 4. The fourth-order valence-electron chi connectivity index (χ4n) is 2.15. The predicted octanol–water partition coefficient (Wildman–Crippen LogP) is 3.48. The van der Waals surface area contributed by atoms with Crippen LogP contribution < -0.4 is 5.32 Å². The van der Waals surface area contributed by atoms with Crippen molar-refractivity contribution in [2.45, 2.75) is 6.92 Å². The molecule has 0 radical (unpaired) electrons. The molecule has 3 rings (SSSR count). The van der Waals surface area contributed by atoms with Gasteiger partial charge in [-0.15, -0.1) is 11.3 Å². The highest BCUT2D eigenvalue weighted by atomic mass is 32.1. The normalized spacial score (nSPS) is 10.3. The van der Waals surface area contributed by atoms with E-state index in [1.54, 1.807) is 30.5 Å². The second-order valence-corrected chi connectivity index (χ2v) is 5.41. The maximum Gasteiger partial charge on any atom is 0.339 e. The Hall–Kier alpha value is -2.98. The summed E-state index contributed by atoms with van der Waals surface area (Å²) in [7, 11) is 0. The van der Waals surface area contributed by atoms with Crippen LogP contribution in [0.5, 0.6) is 0 Å². The first-order valence-electron chi connectivity index (χ1n) is 6.90. The summed E-state index contributed by atoms with van der Waals surface area (Å²) in [6.07, 6.45) is 1.42. The number of benzene rings is 1. The summed E-state index contributed by atoms with van der Waals surface area (Å²) in [5.41, 5.74) is 1.53. The number of nitrogens with zero attached hydrogens (tertiary/aromatic N) is 3. The molecular weight excluding hydrogens is 312 g/mol. The summed E-state index contributed by atoms with van der Waals surface area (Å²) >= 11 is 1.35. The largest absolute Gasteiger partial charge is 0.462 e. The van der Waals surface area contributed by atoms with Gasteiger partial charge in [-0.1, -0.05) is 12.1 Å². The molecule has 0 unspecified atom stereocenters. The molecular formula is C16H12N4O2S. The van der Waals surface area contributed by atoms with Crippen molar-refractivity contribution >= 4 is 39.0 Å². The lowest BCUT2D eigenvalue weighted by molar-refractivity contribution is 0.0529. The molecule has 7 heteroatoms. The zero-order valence-electron chi connectivity index (χ0n) is 12.2. The van der Waals surface area contributed by atoms with E-state index in [1.807, 2.05) is 6.07 Å². The average molecular weight is 324 g/mol. The number of ether oxygens (including phenoxy) is 1. The fraction of sp³-hybridized carbons (Fsp3) is 0.125. The number of thiophene rings is 1. The number of carbonyl (C=O) groups is 1. The van der Waals surface area contributed by atoms with Gasteiger partial charge >= 0.3 is 5.97 Å². The number of aromatic nitrogens is 2. The van der Waals surface area contributed by atoms with Crippen molar-refractivity contribution in [3.63, 3.8) is 0 Å². The van der Waals surface area contributed by atoms with Crippen molar-refractivity contribution in [3.8, 4) is 6.07 Å². The van der Waals surface area contributed by atoms with E-state index in [4.69, 9.17) is 4.74 Å². The Kier molecular flexibility index (Phi) is 4.17. The summed E-state index contributed by atoms with van der Waals surface area (Å²) in [6.45, 7) is 2.05. The molecule has 6 nitrogen and oxygen atoms in total. The highest BCUT2D eigenvalue weighted by molar-refractivity contribution is 7.17. The first-order valence-corrected chi connectivity index (χ1v) is 7.78. The molecule has 114 valence electrons. The molecule has 0 atom stereocenters. The molecule has 3 aromatic rings. The molecule has 2 heterocycles. The molecule has 0 amide bonds. The molecule has 0 spiro atoms. The maximum absolute atomic E-state index is 12.1. The quantitative estimate of drug-likeness (QED) is 0.739. The van der Waals surface area contributed by atoms with Gasteiger partial charge in [0.15, 0.2) is 0 Å². The number of anilines is 2. The third-order valence-corrected chi connectivity index (χ3v) is 4.05. The lowest BCUT2D eigenvalue weighted by atomic mass is 10.2. The second kappa shape index (κ2) is 6.42. The van der Waals surface area contributed by atoms with Gasteiger partial charge in [-0.25, -0.2) is 14.8 Å². The number of fused-ring (bicyclic) bond motifs is 1. The predicted molar refractivity (Wildman–Crippen MR) is 87.8 cm³/mol. The van der Waals surface area contributed by atoms with Crippen LogP contribution in [0.25, 0.3) is 10.2 Å². The van der Waals surface area contributed by atoms with Crippen LogP contribution in [0.3, 0.4) is 0 Å². The minimum atomic E-state index is -0.412. The van der Waals surface area contributed by atoms with Crippen molar-refractivity contribution in [2.24, 2.45) is 0 Å². The van der Waals surface area contributed by atoms with Crippen LogP contribution >= 0.6 is 11.3 Å². The van der Waals surface area contributed by atoms with Gasteiger partial charge in [0.2, 0.25) is 0 Å². The van der Waals surface area contributed by atoms with Crippen molar-refractivity contribution in [1.29, 1.82) is 5.26 Å². The van der Waals surface area contributed by atoms with E-state index in [2.05, 4.69) is 21.4 Å². The van der Waals surface area contributed by atoms with Crippen molar-refractivity contribution in [2.75, 3.05) is 11.9 Å². The monoisotopic (exact) mass is 324 g/mol. The Morgan fingerprint density at radius 2 is 2.22 bits per heavy atom. The lowest BCUT2D eigenvalue weighted by Crippen LogP contribution is -2.05. The lowest BCUT2D eigenvalue weighted by Gasteiger charge is -2.09. The number of carbonyl (C=O) groups excluding carboxylic acids is 1. The molecule has 0 saturated carbocycles. The molecule has 1 aromatic carbocycles. The second-order valence-electron chi connectivity index (χ2n) is 4.55. The van der Waals surface area contributed by atoms with Gasteiger partial charge in [-0.05, 0) is 19.1 Å². The number of hydrogen-bond donors (Lipinski definition) is 1. The van der Waals surface area contributed by atoms with Gasteiger partial charge in [-0.2, -0.15) is 5.26 Å². The third-order valence-electron chi connectivity index (χ3n) is 3.17. The van der Waals surface area contributed by atoms with Crippen LogP contribution in [0.4, 0.5) is 11.5 Å². The van der Waals surface area contributed by atoms with Gasteiger partial charge in [0.25, 0.3) is 0 Å². The Morgan fingerprint density at radius 1 is 1.39 bits per heavy atom. The van der Waals surface area contributed by atoms with E-state index in [-0.39, 0.29) is 0 Å². The van der Waals surface area contributed by atoms with Crippen LogP contribution in [0.1, 0.15) is 22.8 Å². The van der Waals surface area contributed by atoms with Crippen molar-refractivity contribution < 1.29 is 9.53 Å². The number of hydrogen-bond acceptors (Lipinski definition) is 7. The molecule has 0 aliphatic heterocycles.